The quantitative estimate of drug-likeness (QED) is 0.476. The summed E-state index contributed by atoms with van der Waals surface area (Å²) >= 11 is 8.28. The zero-order valence-corrected chi connectivity index (χ0v) is 15.1. The van der Waals surface area contributed by atoms with Gasteiger partial charge in [-0.05, 0) is 42.4 Å². The van der Waals surface area contributed by atoms with Crippen molar-refractivity contribution in [2.45, 2.75) is 22.8 Å². The summed E-state index contributed by atoms with van der Waals surface area (Å²) in [5, 5.41) is 29.1. The molecule has 0 saturated carbocycles. The van der Waals surface area contributed by atoms with Crippen molar-refractivity contribution in [2.24, 2.45) is 0 Å². The number of non-ortho nitro benzene ring substituents is 1. The minimum atomic E-state index is -0.452. The Morgan fingerprint density at radius 3 is 2.72 bits per heavy atom. The highest BCUT2D eigenvalue weighted by atomic mass is 35.5. The van der Waals surface area contributed by atoms with Crippen LogP contribution in [0.2, 0.25) is 5.15 Å². The van der Waals surface area contributed by atoms with E-state index in [0.29, 0.717) is 27.3 Å². The molecule has 0 N–H and O–H groups in total. The van der Waals surface area contributed by atoms with Crippen molar-refractivity contribution < 1.29 is 4.92 Å². The van der Waals surface area contributed by atoms with Gasteiger partial charge in [0.25, 0.3) is 5.69 Å². The molecule has 0 unspecified atom stereocenters. The van der Waals surface area contributed by atoms with E-state index >= 15 is 0 Å². The van der Waals surface area contributed by atoms with Gasteiger partial charge in [-0.15, -0.1) is 10.2 Å². The lowest BCUT2D eigenvalue weighted by atomic mass is 10.2. The highest BCUT2D eigenvalue weighted by Crippen LogP contribution is 2.37. The summed E-state index contributed by atoms with van der Waals surface area (Å²) in [5.41, 5.74) is 1.05. The first-order chi connectivity index (χ1) is 12.0. The Hall–Kier alpha value is -2.48. The second kappa shape index (κ2) is 7.18. The number of hydrogen-bond donors (Lipinski definition) is 0. The molecule has 0 aliphatic rings. The second-order valence-electron chi connectivity index (χ2n) is 4.70. The van der Waals surface area contributed by atoms with Crippen molar-refractivity contribution in [3.63, 3.8) is 0 Å². The summed E-state index contributed by atoms with van der Waals surface area (Å²) in [5.74, 6) is 0.592. The molecule has 2 aromatic heterocycles. The van der Waals surface area contributed by atoms with E-state index in [0.717, 1.165) is 17.1 Å². The summed E-state index contributed by atoms with van der Waals surface area (Å²) in [7, 11) is 0. The number of aromatic nitrogens is 4. The van der Waals surface area contributed by atoms with Gasteiger partial charge in [0.05, 0.1) is 4.92 Å². The van der Waals surface area contributed by atoms with E-state index in [1.54, 1.807) is 12.1 Å². The third kappa shape index (κ3) is 3.34. The SMILES string of the molecule is CCn1c(Sc2snc(Cl)c2C#N)nnc1-c1ccc([N+](=O)[O-])cc1. The number of hydrogen-bond acceptors (Lipinski definition) is 8. The van der Waals surface area contributed by atoms with Crippen LogP contribution in [0.5, 0.6) is 0 Å². The number of benzene rings is 1. The van der Waals surface area contributed by atoms with Crippen molar-refractivity contribution in [1.82, 2.24) is 19.1 Å². The maximum absolute atomic E-state index is 10.8. The minimum absolute atomic E-state index is 0.0128. The van der Waals surface area contributed by atoms with Crippen molar-refractivity contribution in [3.05, 3.63) is 45.1 Å². The number of nitrogens with zero attached hydrogens (tertiary/aromatic N) is 6. The monoisotopic (exact) mass is 392 g/mol. The van der Waals surface area contributed by atoms with Gasteiger partial charge < -0.3 is 4.57 Å². The molecule has 11 heteroatoms. The van der Waals surface area contributed by atoms with Gasteiger partial charge in [-0.3, -0.25) is 10.1 Å². The lowest BCUT2D eigenvalue weighted by Gasteiger charge is -2.06. The first kappa shape index (κ1) is 17.3. The third-order valence-electron chi connectivity index (χ3n) is 3.28. The molecule has 25 heavy (non-hydrogen) atoms. The molecular weight excluding hydrogens is 384 g/mol. The van der Waals surface area contributed by atoms with E-state index in [2.05, 4.69) is 14.6 Å². The molecule has 0 amide bonds. The first-order valence-electron chi connectivity index (χ1n) is 6.96. The molecule has 0 bridgehead atoms. The Kier molecular flexibility index (Phi) is 4.98. The molecule has 0 radical (unpaired) electrons. The Bertz CT molecular complexity index is 976. The molecule has 0 fully saturated rings. The van der Waals surface area contributed by atoms with E-state index in [1.807, 2.05) is 17.6 Å². The number of nitriles is 1. The molecule has 1 aromatic carbocycles. The van der Waals surface area contributed by atoms with E-state index in [-0.39, 0.29) is 10.8 Å². The van der Waals surface area contributed by atoms with Crippen molar-refractivity contribution in [1.29, 1.82) is 5.26 Å². The van der Waals surface area contributed by atoms with Crippen molar-refractivity contribution in [2.75, 3.05) is 0 Å². The molecule has 8 nitrogen and oxygen atoms in total. The normalized spacial score (nSPS) is 10.6. The standard InChI is InChI=1S/C14H9ClN6O2S2/c1-2-20-12(8-3-5-9(6-4-8)21(22)23)17-18-14(20)24-13-10(7-16)11(15)19-25-13/h3-6H,2H2,1H3. The number of nitro benzene ring substituents is 1. The highest BCUT2D eigenvalue weighted by molar-refractivity contribution is 8.01. The van der Waals surface area contributed by atoms with Gasteiger partial charge in [0.15, 0.2) is 16.1 Å². The molecule has 126 valence electrons. The van der Waals surface area contributed by atoms with Crippen molar-refractivity contribution >= 4 is 40.6 Å². The average Bonchev–Trinajstić information content (AvgIpc) is 3.18. The summed E-state index contributed by atoms with van der Waals surface area (Å²) in [6.07, 6.45) is 0. The average molecular weight is 393 g/mol. The van der Waals surface area contributed by atoms with Crippen LogP contribution in [0.1, 0.15) is 12.5 Å². The Labute approximate surface area is 155 Å². The number of rotatable bonds is 5. The lowest BCUT2D eigenvalue weighted by molar-refractivity contribution is -0.384. The topological polar surface area (TPSA) is 111 Å². The molecule has 2 heterocycles. The van der Waals surface area contributed by atoms with Gasteiger partial charge in [-0.1, -0.05) is 11.6 Å². The summed E-state index contributed by atoms with van der Waals surface area (Å²) in [6.45, 7) is 2.53. The zero-order chi connectivity index (χ0) is 18.0. The molecule has 0 aliphatic heterocycles. The van der Waals surface area contributed by atoms with Gasteiger partial charge in [0, 0.05) is 24.2 Å². The van der Waals surface area contributed by atoms with Crippen LogP contribution in [-0.2, 0) is 6.54 Å². The van der Waals surface area contributed by atoms with Crippen LogP contribution >= 0.6 is 34.9 Å². The van der Waals surface area contributed by atoms with Crippen LogP contribution in [0.15, 0.2) is 33.6 Å². The molecule has 3 rings (SSSR count). The van der Waals surface area contributed by atoms with E-state index in [4.69, 9.17) is 16.9 Å². The van der Waals surface area contributed by atoms with Gasteiger partial charge in [0.1, 0.15) is 15.8 Å². The summed E-state index contributed by atoms with van der Waals surface area (Å²) in [4.78, 5) is 10.3. The van der Waals surface area contributed by atoms with Gasteiger partial charge in [-0.25, -0.2) is 0 Å². The van der Waals surface area contributed by atoms with Crippen LogP contribution in [0.25, 0.3) is 11.4 Å². The Morgan fingerprint density at radius 1 is 1.40 bits per heavy atom. The highest BCUT2D eigenvalue weighted by Gasteiger charge is 2.19. The van der Waals surface area contributed by atoms with Gasteiger partial charge in [-0.2, -0.15) is 9.64 Å². The predicted molar refractivity (Wildman–Crippen MR) is 93.7 cm³/mol. The summed E-state index contributed by atoms with van der Waals surface area (Å²) in [6, 6.07) is 8.14. The molecule has 0 atom stereocenters. The second-order valence-corrected chi connectivity index (χ2v) is 7.07. The number of nitro groups is 1. The lowest BCUT2D eigenvalue weighted by Crippen LogP contribution is -1.99. The van der Waals surface area contributed by atoms with Gasteiger partial charge in [0.2, 0.25) is 0 Å². The van der Waals surface area contributed by atoms with E-state index < -0.39 is 4.92 Å². The molecule has 0 spiro atoms. The van der Waals surface area contributed by atoms with Crippen LogP contribution < -0.4 is 0 Å². The van der Waals surface area contributed by atoms with Crippen LogP contribution in [-0.4, -0.2) is 24.1 Å². The van der Waals surface area contributed by atoms with E-state index in [1.165, 1.54) is 23.9 Å². The fourth-order valence-electron chi connectivity index (χ4n) is 2.10. The Balaban J connectivity index is 1.96. The van der Waals surface area contributed by atoms with Crippen LogP contribution in [0.4, 0.5) is 5.69 Å². The molecular formula is C14H9ClN6O2S2. The smallest absolute Gasteiger partial charge is 0.269 e. The summed E-state index contributed by atoms with van der Waals surface area (Å²) < 4.78 is 6.48. The zero-order valence-electron chi connectivity index (χ0n) is 12.7. The largest absolute Gasteiger partial charge is 0.302 e. The van der Waals surface area contributed by atoms with Gasteiger partial charge >= 0.3 is 0 Å². The predicted octanol–water partition coefficient (Wildman–Crippen LogP) is 4.01. The van der Waals surface area contributed by atoms with E-state index in [9.17, 15) is 10.1 Å². The van der Waals surface area contributed by atoms with Crippen molar-refractivity contribution in [3.8, 4) is 17.5 Å². The molecule has 3 aromatic rings. The van der Waals surface area contributed by atoms with Crippen LogP contribution in [0.3, 0.4) is 0 Å². The fourth-order valence-corrected chi connectivity index (χ4v) is 4.24. The maximum atomic E-state index is 10.8. The van der Waals surface area contributed by atoms with Crippen LogP contribution in [0, 0.1) is 21.4 Å². The minimum Gasteiger partial charge on any atom is -0.302 e. The first-order valence-corrected chi connectivity index (χ1v) is 8.93. The third-order valence-corrected chi connectivity index (χ3v) is 5.65. The fraction of sp³-hybridized carbons (Fsp3) is 0.143. The Morgan fingerprint density at radius 2 is 2.12 bits per heavy atom. The molecule has 0 aliphatic carbocycles. The molecule has 0 saturated heterocycles. The number of halogens is 1. The maximum Gasteiger partial charge on any atom is 0.269 e.